The molecule has 1 saturated carbocycles. The lowest BCUT2D eigenvalue weighted by atomic mass is 10.1. The molecule has 0 aromatic heterocycles. The molecule has 4 heteroatoms. The zero-order valence-corrected chi connectivity index (χ0v) is 11.5. The second kappa shape index (κ2) is 4.69. The molecule has 0 radical (unpaired) electrons. The monoisotopic (exact) mass is 263 g/mol. The summed E-state index contributed by atoms with van der Waals surface area (Å²) in [6.07, 6.45) is 3.28. The Morgan fingerprint density at radius 2 is 2.26 bits per heavy atom. The molecule has 0 bridgehead atoms. The van der Waals surface area contributed by atoms with Crippen LogP contribution in [0.1, 0.15) is 30.9 Å². The number of aliphatic hydroxyl groups excluding tert-OH is 1. The molecule has 104 valence electrons. The molecule has 1 heterocycles. The number of hydrogen-bond acceptors (Lipinski definition) is 4. The molecule has 19 heavy (non-hydrogen) atoms. The first-order valence-corrected chi connectivity index (χ1v) is 6.88. The van der Waals surface area contributed by atoms with Crippen LogP contribution < -0.4 is 14.8 Å². The summed E-state index contributed by atoms with van der Waals surface area (Å²) in [7, 11) is 1.70. The maximum Gasteiger partial charge on any atom is 0.123 e. The van der Waals surface area contributed by atoms with Crippen LogP contribution in [0, 0.1) is 0 Å². The van der Waals surface area contributed by atoms with E-state index >= 15 is 0 Å². The molecule has 0 amide bonds. The van der Waals surface area contributed by atoms with Gasteiger partial charge in [-0.05, 0) is 31.9 Å². The molecule has 4 nitrogen and oxygen atoms in total. The summed E-state index contributed by atoms with van der Waals surface area (Å²) in [4.78, 5) is 0. The van der Waals surface area contributed by atoms with Gasteiger partial charge in [-0.3, -0.25) is 0 Å². The molecule has 1 unspecified atom stereocenters. The highest BCUT2D eigenvalue weighted by molar-refractivity contribution is 5.48. The first kappa shape index (κ1) is 12.8. The highest BCUT2D eigenvalue weighted by Gasteiger charge is 2.41. The number of benzene rings is 1. The predicted molar refractivity (Wildman–Crippen MR) is 72.7 cm³/mol. The van der Waals surface area contributed by atoms with Crippen molar-refractivity contribution in [2.45, 2.75) is 44.4 Å². The van der Waals surface area contributed by atoms with Gasteiger partial charge in [-0.2, -0.15) is 0 Å². The Labute approximate surface area is 113 Å². The van der Waals surface area contributed by atoms with Crippen molar-refractivity contribution in [2.75, 3.05) is 13.7 Å². The zero-order chi connectivity index (χ0) is 13.5. The number of ether oxygens (including phenoxy) is 2. The fourth-order valence-electron chi connectivity index (χ4n) is 2.63. The summed E-state index contributed by atoms with van der Waals surface area (Å²) < 4.78 is 11.3. The summed E-state index contributed by atoms with van der Waals surface area (Å²) >= 11 is 0. The standard InChI is InChI=1S/C15H21NO3/c1-10-5-11-6-13(18-2)12(7-14(11)19-10)8-16-15(9-17)3-4-15/h6-7,10,16-17H,3-5,8-9H2,1-2H3. The zero-order valence-electron chi connectivity index (χ0n) is 11.5. The van der Waals surface area contributed by atoms with Crippen LogP contribution in [0.3, 0.4) is 0 Å². The quantitative estimate of drug-likeness (QED) is 0.848. The Morgan fingerprint density at radius 3 is 2.89 bits per heavy atom. The Morgan fingerprint density at radius 1 is 1.47 bits per heavy atom. The molecular formula is C15H21NO3. The second-order valence-corrected chi connectivity index (χ2v) is 5.70. The number of methoxy groups -OCH3 is 1. The number of nitrogens with one attached hydrogen (secondary N) is 1. The van der Waals surface area contributed by atoms with Gasteiger partial charge in [-0.1, -0.05) is 0 Å². The van der Waals surface area contributed by atoms with Crippen molar-refractivity contribution in [3.63, 3.8) is 0 Å². The molecule has 1 aliphatic heterocycles. The minimum absolute atomic E-state index is 0.0574. The maximum atomic E-state index is 9.33. The summed E-state index contributed by atoms with van der Waals surface area (Å²) in [5.41, 5.74) is 2.25. The van der Waals surface area contributed by atoms with E-state index in [2.05, 4.69) is 24.4 Å². The topological polar surface area (TPSA) is 50.7 Å². The van der Waals surface area contributed by atoms with E-state index in [-0.39, 0.29) is 18.2 Å². The molecule has 3 rings (SSSR count). The van der Waals surface area contributed by atoms with Crippen LogP contribution in [0.15, 0.2) is 12.1 Å². The van der Waals surface area contributed by atoms with Crippen molar-refractivity contribution < 1.29 is 14.6 Å². The highest BCUT2D eigenvalue weighted by Crippen LogP contribution is 2.37. The molecule has 1 atom stereocenters. The van der Waals surface area contributed by atoms with Gasteiger partial charge in [-0.15, -0.1) is 0 Å². The normalized spacial score (nSPS) is 22.8. The lowest BCUT2D eigenvalue weighted by Crippen LogP contribution is -2.34. The number of hydrogen-bond donors (Lipinski definition) is 2. The SMILES string of the molecule is COc1cc2c(cc1CNC1(CO)CC1)OC(C)C2. The van der Waals surface area contributed by atoms with Crippen molar-refractivity contribution in [3.05, 3.63) is 23.3 Å². The van der Waals surface area contributed by atoms with Gasteiger partial charge in [0, 0.05) is 29.6 Å². The largest absolute Gasteiger partial charge is 0.496 e. The maximum absolute atomic E-state index is 9.33. The lowest BCUT2D eigenvalue weighted by Gasteiger charge is -2.16. The van der Waals surface area contributed by atoms with E-state index in [0.717, 1.165) is 36.3 Å². The van der Waals surface area contributed by atoms with E-state index in [1.54, 1.807) is 7.11 Å². The Kier molecular flexibility index (Phi) is 3.15. The van der Waals surface area contributed by atoms with Gasteiger partial charge in [0.2, 0.25) is 0 Å². The van der Waals surface area contributed by atoms with E-state index in [1.807, 2.05) is 0 Å². The smallest absolute Gasteiger partial charge is 0.123 e. The van der Waals surface area contributed by atoms with Gasteiger partial charge >= 0.3 is 0 Å². The fourth-order valence-corrected chi connectivity index (χ4v) is 2.63. The van der Waals surface area contributed by atoms with E-state index in [0.29, 0.717) is 6.54 Å². The first-order chi connectivity index (χ1) is 9.15. The molecular weight excluding hydrogens is 242 g/mol. The fraction of sp³-hybridized carbons (Fsp3) is 0.600. The van der Waals surface area contributed by atoms with E-state index < -0.39 is 0 Å². The van der Waals surface area contributed by atoms with Crippen LogP contribution in [0.5, 0.6) is 11.5 Å². The number of aliphatic hydroxyl groups is 1. The van der Waals surface area contributed by atoms with Gasteiger partial charge in [0.05, 0.1) is 13.7 Å². The Hall–Kier alpha value is -1.26. The van der Waals surface area contributed by atoms with Crippen LogP contribution in [-0.4, -0.2) is 30.5 Å². The summed E-state index contributed by atoms with van der Waals surface area (Å²) in [5.74, 6) is 1.87. The predicted octanol–water partition coefficient (Wildman–Crippen LogP) is 1.63. The van der Waals surface area contributed by atoms with Crippen molar-refractivity contribution >= 4 is 0 Å². The minimum Gasteiger partial charge on any atom is -0.496 e. The molecule has 1 aliphatic carbocycles. The lowest BCUT2D eigenvalue weighted by molar-refractivity contribution is 0.229. The minimum atomic E-state index is -0.0574. The third-order valence-electron chi connectivity index (χ3n) is 4.11. The van der Waals surface area contributed by atoms with E-state index in [9.17, 15) is 5.11 Å². The van der Waals surface area contributed by atoms with Crippen molar-refractivity contribution in [3.8, 4) is 11.5 Å². The van der Waals surface area contributed by atoms with Crippen molar-refractivity contribution in [2.24, 2.45) is 0 Å². The molecule has 0 saturated heterocycles. The summed E-state index contributed by atoms with van der Waals surface area (Å²) in [5, 5.41) is 12.8. The van der Waals surface area contributed by atoms with Gasteiger partial charge in [0.1, 0.15) is 17.6 Å². The Balaban J connectivity index is 1.78. The van der Waals surface area contributed by atoms with Crippen molar-refractivity contribution in [1.82, 2.24) is 5.32 Å². The van der Waals surface area contributed by atoms with Crippen LogP contribution in [-0.2, 0) is 13.0 Å². The Bertz CT molecular complexity index is 483. The molecule has 1 fully saturated rings. The van der Waals surface area contributed by atoms with Gasteiger partial charge in [0.25, 0.3) is 0 Å². The first-order valence-electron chi connectivity index (χ1n) is 6.88. The summed E-state index contributed by atoms with van der Waals surface area (Å²) in [6, 6.07) is 4.15. The van der Waals surface area contributed by atoms with E-state index in [1.165, 1.54) is 5.56 Å². The summed E-state index contributed by atoms with van der Waals surface area (Å²) in [6.45, 7) is 2.98. The average molecular weight is 263 g/mol. The number of rotatable bonds is 5. The highest BCUT2D eigenvalue weighted by atomic mass is 16.5. The van der Waals surface area contributed by atoms with Crippen LogP contribution >= 0.6 is 0 Å². The average Bonchev–Trinajstić information content (AvgIpc) is 3.10. The van der Waals surface area contributed by atoms with Crippen LogP contribution in [0.25, 0.3) is 0 Å². The number of fused-ring (bicyclic) bond motifs is 1. The third-order valence-corrected chi connectivity index (χ3v) is 4.11. The molecule has 2 N–H and O–H groups in total. The molecule has 0 spiro atoms. The van der Waals surface area contributed by atoms with Gasteiger partial charge in [-0.25, -0.2) is 0 Å². The van der Waals surface area contributed by atoms with Gasteiger partial charge < -0.3 is 19.9 Å². The second-order valence-electron chi connectivity index (χ2n) is 5.70. The van der Waals surface area contributed by atoms with Gasteiger partial charge in [0.15, 0.2) is 0 Å². The molecule has 1 aromatic carbocycles. The van der Waals surface area contributed by atoms with Crippen molar-refractivity contribution in [1.29, 1.82) is 0 Å². The molecule has 1 aromatic rings. The molecule has 2 aliphatic rings. The van der Waals surface area contributed by atoms with E-state index in [4.69, 9.17) is 9.47 Å². The third kappa shape index (κ3) is 2.42. The van der Waals surface area contributed by atoms with Crippen LogP contribution in [0.2, 0.25) is 0 Å². The van der Waals surface area contributed by atoms with Crippen LogP contribution in [0.4, 0.5) is 0 Å².